The Balaban J connectivity index is 1.84. The van der Waals surface area contributed by atoms with Crippen LogP contribution in [-0.2, 0) is 25.7 Å². The van der Waals surface area contributed by atoms with Crippen molar-refractivity contribution in [3.05, 3.63) is 41.5 Å². The van der Waals surface area contributed by atoms with Crippen molar-refractivity contribution in [3.63, 3.8) is 0 Å². The molecule has 0 atom stereocenters. The van der Waals surface area contributed by atoms with E-state index in [-0.39, 0.29) is 5.91 Å². The minimum Gasteiger partial charge on any atom is -0.385 e. The van der Waals surface area contributed by atoms with E-state index >= 15 is 0 Å². The number of piperidine rings is 1. The highest BCUT2D eigenvalue weighted by Crippen LogP contribution is 2.29. The Hall–Kier alpha value is -1.91. The van der Waals surface area contributed by atoms with E-state index in [4.69, 9.17) is 4.74 Å². The van der Waals surface area contributed by atoms with Gasteiger partial charge in [-0.25, -0.2) is 13.1 Å². The Kier molecular flexibility index (Phi) is 8.23. The average molecular weight is 434 g/mol. The van der Waals surface area contributed by atoms with Crippen molar-refractivity contribution in [1.29, 1.82) is 0 Å². The first-order valence-electron chi connectivity index (χ1n) is 9.25. The van der Waals surface area contributed by atoms with Gasteiger partial charge in [0, 0.05) is 39.4 Å². The molecule has 162 valence electrons. The fraction of sp³-hybridized carbons (Fsp3) is 0.526. The molecule has 0 bridgehead atoms. The fourth-order valence-corrected chi connectivity index (χ4v) is 4.49. The molecule has 1 aromatic carbocycles. The quantitative estimate of drug-likeness (QED) is 0.504. The highest BCUT2D eigenvalue weighted by atomic mass is 32.2. The SMILES string of the molecule is COCCCNS(=O)(=O)C1CCN(C(=O)/C=C/c2ccc(C(F)(F)F)cc2)CC1. The van der Waals surface area contributed by atoms with E-state index in [0.29, 0.717) is 51.1 Å². The molecule has 0 unspecified atom stereocenters. The third-order valence-corrected chi connectivity index (χ3v) is 6.63. The number of nitrogens with one attached hydrogen (secondary N) is 1. The van der Waals surface area contributed by atoms with Gasteiger partial charge in [0.1, 0.15) is 0 Å². The Labute approximate surface area is 168 Å². The maximum Gasteiger partial charge on any atom is 0.416 e. The maximum atomic E-state index is 12.6. The lowest BCUT2D eigenvalue weighted by molar-refractivity contribution is -0.137. The number of rotatable bonds is 8. The molecule has 1 amide bonds. The smallest absolute Gasteiger partial charge is 0.385 e. The number of carbonyl (C=O) groups is 1. The number of amides is 1. The summed E-state index contributed by atoms with van der Waals surface area (Å²) in [6.07, 6.45) is -0.411. The number of hydrogen-bond acceptors (Lipinski definition) is 4. The van der Waals surface area contributed by atoms with Crippen LogP contribution < -0.4 is 4.72 Å². The van der Waals surface area contributed by atoms with Gasteiger partial charge in [0.05, 0.1) is 10.8 Å². The van der Waals surface area contributed by atoms with Crippen LogP contribution in [0.5, 0.6) is 0 Å². The number of methoxy groups -OCH3 is 1. The van der Waals surface area contributed by atoms with E-state index in [9.17, 15) is 26.4 Å². The zero-order valence-corrected chi connectivity index (χ0v) is 16.9. The highest BCUT2D eigenvalue weighted by Gasteiger charge is 2.31. The molecular formula is C19H25F3N2O4S. The number of alkyl halides is 3. The zero-order valence-electron chi connectivity index (χ0n) is 16.1. The topological polar surface area (TPSA) is 75.7 Å². The summed E-state index contributed by atoms with van der Waals surface area (Å²) >= 11 is 0. The molecule has 0 spiro atoms. The Morgan fingerprint density at radius 3 is 2.41 bits per heavy atom. The van der Waals surface area contributed by atoms with Crippen LogP contribution >= 0.6 is 0 Å². The van der Waals surface area contributed by atoms with Gasteiger partial charge in [-0.2, -0.15) is 13.2 Å². The summed E-state index contributed by atoms with van der Waals surface area (Å²) in [6, 6.07) is 4.50. The monoisotopic (exact) mass is 434 g/mol. The van der Waals surface area contributed by atoms with Crippen LogP contribution in [0.2, 0.25) is 0 Å². The van der Waals surface area contributed by atoms with Crippen LogP contribution in [0.15, 0.2) is 30.3 Å². The molecule has 2 rings (SSSR count). The van der Waals surface area contributed by atoms with E-state index < -0.39 is 27.0 Å². The lowest BCUT2D eigenvalue weighted by atomic mass is 10.1. The van der Waals surface area contributed by atoms with Crippen molar-refractivity contribution in [2.45, 2.75) is 30.7 Å². The summed E-state index contributed by atoms with van der Waals surface area (Å²) in [5.41, 5.74) is -0.274. The number of hydrogen-bond donors (Lipinski definition) is 1. The summed E-state index contributed by atoms with van der Waals surface area (Å²) < 4.78 is 69.7. The van der Waals surface area contributed by atoms with Crippen molar-refractivity contribution < 1.29 is 31.1 Å². The van der Waals surface area contributed by atoms with Crippen molar-refractivity contribution in [1.82, 2.24) is 9.62 Å². The van der Waals surface area contributed by atoms with Crippen molar-refractivity contribution in [3.8, 4) is 0 Å². The van der Waals surface area contributed by atoms with Gasteiger partial charge in [0.2, 0.25) is 15.9 Å². The number of carbonyl (C=O) groups excluding carboxylic acids is 1. The number of nitrogens with zero attached hydrogens (tertiary/aromatic N) is 1. The number of benzene rings is 1. The highest BCUT2D eigenvalue weighted by molar-refractivity contribution is 7.90. The normalized spacial score (nSPS) is 16.5. The molecule has 0 saturated carbocycles. The van der Waals surface area contributed by atoms with E-state index in [1.54, 1.807) is 7.11 Å². The minimum atomic E-state index is -4.40. The van der Waals surface area contributed by atoms with Crippen molar-refractivity contribution >= 4 is 22.0 Å². The Morgan fingerprint density at radius 2 is 1.86 bits per heavy atom. The number of halogens is 3. The Bertz CT molecular complexity index is 800. The average Bonchev–Trinajstić information content (AvgIpc) is 2.69. The van der Waals surface area contributed by atoms with E-state index in [1.165, 1.54) is 29.2 Å². The molecule has 29 heavy (non-hydrogen) atoms. The molecule has 1 aliphatic heterocycles. The lowest BCUT2D eigenvalue weighted by Gasteiger charge is -2.31. The van der Waals surface area contributed by atoms with Gasteiger partial charge in [0.15, 0.2) is 0 Å². The number of sulfonamides is 1. The van der Waals surface area contributed by atoms with Crippen molar-refractivity contribution in [2.24, 2.45) is 0 Å². The Morgan fingerprint density at radius 1 is 1.24 bits per heavy atom. The lowest BCUT2D eigenvalue weighted by Crippen LogP contribution is -2.45. The van der Waals surface area contributed by atoms with E-state index in [2.05, 4.69) is 4.72 Å². The molecule has 1 saturated heterocycles. The second-order valence-corrected chi connectivity index (χ2v) is 8.81. The second-order valence-electron chi connectivity index (χ2n) is 6.76. The van der Waals surface area contributed by atoms with Crippen LogP contribution in [-0.4, -0.2) is 57.8 Å². The standard InChI is InChI=1S/C19H25F3N2O4S/c1-28-14-2-11-23-29(26,27)17-9-12-24(13-10-17)18(25)8-5-15-3-6-16(7-4-15)19(20,21)22/h3-8,17,23H,2,9-14H2,1H3/b8-5+. The molecule has 0 aliphatic carbocycles. The molecule has 1 fully saturated rings. The summed E-state index contributed by atoms with van der Waals surface area (Å²) in [5, 5.41) is -0.548. The molecule has 10 heteroatoms. The van der Waals surface area contributed by atoms with Gasteiger partial charge < -0.3 is 9.64 Å². The van der Waals surface area contributed by atoms with E-state index in [1.807, 2.05) is 0 Å². The minimum absolute atomic E-state index is 0.297. The van der Waals surface area contributed by atoms with Crippen molar-refractivity contribution in [2.75, 3.05) is 33.4 Å². The molecule has 6 nitrogen and oxygen atoms in total. The van der Waals surface area contributed by atoms with Gasteiger partial charge >= 0.3 is 6.18 Å². The third-order valence-electron chi connectivity index (χ3n) is 4.68. The summed E-state index contributed by atoms with van der Waals surface area (Å²) in [6.45, 7) is 1.39. The van der Waals surface area contributed by atoms with Crippen LogP contribution in [0.3, 0.4) is 0 Å². The zero-order chi connectivity index (χ0) is 21.5. The molecule has 1 heterocycles. The van der Waals surface area contributed by atoms with Gasteiger partial charge in [-0.15, -0.1) is 0 Å². The molecule has 0 radical (unpaired) electrons. The fourth-order valence-electron chi connectivity index (χ4n) is 2.99. The summed E-state index contributed by atoms with van der Waals surface area (Å²) in [5.74, 6) is -0.297. The molecule has 1 aliphatic rings. The first kappa shape index (κ1) is 23.4. The molecule has 1 aromatic rings. The summed E-state index contributed by atoms with van der Waals surface area (Å²) in [4.78, 5) is 13.8. The van der Waals surface area contributed by atoms with Gasteiger partial charge in [-0.3, -0.25) is 4.79 Å². The van der Waals surface area contributed by atoms with Crippen LogP contribution in [0.4, 0.5) is 13.2 Å². The van der Waals surface area contributed by atoms with E-state index in [0.717, 1.165) is 12.1 Å². The number of likely N-dealkylation sites (tertiary alicyclic amines) is 1. The van der Waals surface area contributed by atoms with Gasteiger partial charge in [0.25, 0.3) is 0 Å². The summed E-state index contributed by atoms with van der Waals surface area (Å²) in [7, 11) is -1.89. The number of ether oxygens (including phenoxy) is 1. The largest absolute Gasteiger partial charge is 0.416 e. The first-order valence-corrected chi connectivity index (χ1v) is 10.8. The molecule has 0 aromatic heterocycles. The predicted octanol–water partition coefficient (Wildman–Crippen LogP) is 2.67. The third kappa shape index (κ3) is 7.13. The van der Waals surface area contributed by atoms with Gasteiger partial charge in [-0.1, -0.05) is 12.1 Å². The molecular weight excluding hydrogens is 409 g/mol. The van der Waals surface area contributed by atoms with Crippen LogP contribution in [0.25, 0.3) is 6.08 Å². The molecule has 1 N–H and O–H groups in total. The first-order chi connectivity index (χ1) is 13.6. The second kappa shape index (κ2) is 10.2. The predicted molar refractivity (Wildman–Crippen MR) is 103 cm³/mol. The maximum absolute atomic E-state index is 12.6. The van der Waals surface area contributed by atoms with Crippen LogP contribution in [0.1, 0.15) is 30.4 Å². The van der Waals surface area contributed by atoms with Gasteiger partial charge in [-0.05, 0) is 43.0 Å². The van der Waals surface area contributed by atoms with Crippen LogP contribution in [0, 0.1) is 0 Å².